The molecule has 1 rings (SSSR count). The van der Waals surface area contributed by atoms with Gasteiger partial charge >= 0.3 is 0 Å². The summed E-state index contributed by atoms with van der Waals surface area (Å²) < 4.78 is 5.36. The highest BCUT2D eigenvalue weighted by Crippen LogP contribution is 2.32. The fourth-order valence-electron chi connectivity index (χ4n) is 1.80. The Morgan fingerprint density at radius 1 is 1.31 bits per heavy atom. The van der Waals surface area contributed by atoms with E-state index < -0.39 is 6.10 Å². The zero-order valence-corrected chi connectivity index (χ0v) is 11.2. The maximum absolute atomic E-state index is 9.86. The monoisotopic (exact) mass is 240 g/mol. The molecule has 0 spiro atoms. The number of thiol groups is 1. The van der Waals surface area contributed by atoms with Crippen LogP contribution in [0.4, 0.5) is 0 Å². The Morgan fingerprint density at radius 2 is 1.94 bits per heavy atom. The number of hydrogen-bond donors (Lipinski definition) is 2. The fraction of sp³-hybridized carbons (Fsp3) is 0.538. The van der Waals surface area contributed by atoms with Crippen LogP contribution in [-0.4, -0.2) is 18.0 Å². The summed E-state index contributed by atoms with van der Waals surface area (Å²) >= 11 is 4.13. The normalized spacial score (nSPS) is 12.9. The van der Waals surface area contributed by atoms with E-state index in [4.69, 9.17) is 4.74 Å². The van der Waals surface area contributed by atoms with Gasteiger partial charge in [-0.2, -0.15) is 12.6 Å². The van der Waals surface area contributed by atoms with Crippen molar-refractivity contribution >= 4 is 12.6 Å². The largest absolute Gasteiger partial charge is 0.496 e. The SMILES string of the molecule is COc1cc(C)c(C(O)CS)cc1C(C)C. The topological polar surface area (TPSA) is 29.5 Å². The second kappa shape index (κ2) is 5.60. The van der Waals surface area contributed by atoms with Gasteiger partial charge in [-0.05, 0) is 41.7 Å². The molecule has 1 atom stereocenters. The van der Waals surface area contributed by atoms with Gasteiger partial charge in [0.2, 0.25) is 0 Å². The van der Waals surface area contributed by atoms with Gasteiger partial charge in [-0.1, -0.05) is 13.8 Å². The number of benzene rings is 1. The zero-order chi connectivity index (χ0) is 12.3. The van der Waals surface area contributed by atoms with Crippen LogP contribution in [0, 0.1) is 6.92 Å². The predicted molar refractivity (Wildman–Crippen MR) is 70.6 cm³/mol. The smallest absolute Gasteiger partial charge is 0.122 e. The van der Waals surface area contributed by atoms with Crippen LogP contribution >= 0.6 is 12.6 Å². The second-order valence-electron chi connectivity index (χ2n) is 4.30. The lowest BCUT2D eigenvalue weighted by molar-refractivity contribution is 0.203. The van der Waals surface area contributed by atoms with E-state index in [9.17, 15) is 5.11 Å². The van der Waals surface area contributed by atoms with Gasteiger partial charge in [-0.15, -0.1) is 0 Å². The summed E-state index contributed by atoms with van der Waals surface area (Å²) in [7, 11) is 1.68. The highest BCUT2D eigenvalue weighted by molar-refractivity contribution is 7.80. The minimum atomic E-state index is -0.508. The van der Waals surface area contributed by atoms with Gasteiger partial charge in [0, 0.05) is 5.75 Å². The minimum absolute atomic E-state index is 0.376. The van der Waals surface area contributed by atoms with E-state index in [1.807, 2.05) is 19.1 Å². The van der Waals surface area contributed by atoms with Crippen molar-refractivity contribution in [3.8, 4) is 5.75 Å². The maximum Gasteiger partial charge on any atom is 0.122 e. The van der Waals surface area contributed by atoms with Gasteiger partial charge in [0.05, 0.1) is 13.2 Å². The van der Waals surface area contributed by atoms with Gasteiger partial charge < -0.3 is 9.84 Å². The van der Waals surface area contributed by atoms with Crippen LogP contribution in [0.25, 0.3) is 0 Å². The van der Waals surface area contributed by atoms with Crippen molar-refractivity contribution in [2.24, 2.45) is 0 Å². The Kier molecular flexibility index (Phi) is 4.69. The van der Waals surface area contributed by atoms with E-state index in [-0.39, 0.29) is 0 Å². The van der Waals surface area contributed by atoms with E-state index >= 15 is 0 Å². The summed E-state index contributed by atoms with van der Waals surface area (Å²) in [5.74, 6) is 1.70. The summed E-state index contributed by atoms with van der Waals surface area (Å²) in [6, 6.07) is 4.01. The summed E-state index contributed by atoms with van der Waals surface area (Å²) in [6.45, 7) is 6.21. The lowest BCUT2D eigenvalue weighted by atomic mass is 9.94. The highest BCUT2D eigenvalue weighted by atomic mass is 32.1. The summed E-state index contributed by atoms with van der Waals surface area (Å²) in [5.41, 5.74) is 3.12. The van der Waals surface area contributed by atoms with E-state index in [0.717, 1.165) is 22.4 Å². The van der Waals surface area contributed by atoms with Crippen molar-refractivity contribution in [3.05, 3.63) is 28.8 Å². The van der Waals surface area contributed by atoms with Gasteiger partial charge in [-0.25, -0.2) is 0 Å². The van der Waals surface area contributed by atoms with Gasteiger partial charge in [0.1, 0.15) is 5.75 Å². The first-order valence-corrected chi connectivity index (χ1v) is 6.11. The van der Waals surface area contributed by atoms with Crippen molar-refractivity contribution in [3.63, 3.8) is 0 Å². The minimum Gasteiger partial charge on any atom is -0.496 e. The van der Waals surface area contributed by atoms with E-state index in [1.54, 1.807) is 7.11 Å². The average Bonchev–Trinajstić information content (AvgIpc) is 2.27. The molecule has 0 fully saturated rings. The molecule has 0 saturated carbocycles. The fourth-order valence-corrected chi connectivity index (χ4v) is 2.00. The van der Waals surface area contributed by atoms with Crippen LogP contribution in [0.5, 0.6) is 5.75 Å². The Labute approximate surface area is 103 Å². The highest BCUT2D eigenvalue weighted by Gasteiger charge is 2.15. The molecule has 0 aliphatic rings. The van der Waals surface area contributed by atoms with Crippen LogP contribution in [0.15, 0.2) is 12.1 Å². The molecule has 0 aliphatic heterocycles. The maximum atomic E-state index is 9.86. The molecule has 1 aromatic carbocycles. The van der Waals surface area contributed by atoms with Gasteiger partial charge in [0.15, 0.2) is 0 Å². The first-order chi connectivity index (χ1) is 7.51. The Bertz CT molecular complexity index is 361. The Morgan fingerprint density at radius 3 is 2.38 bits per heavy atom. The van der Waals surface area contributed by atoms with Crippen LogP contribution in [-0.2, 0) is 0 Å². The molecular weight excluding hydrogens is 220 g/mol. The number of aliphatic hydroxyl groups is 1. The molecule has 1 aromatic rings. The molecule has 1 N–H and O–H groups in total. The standard InChI is InChI=1S/C13H20O2S/c1-8(2)10-6-11(12(14)7-16)9(3)5-13(10)15-4/h5-6,8,12,14,16H,7H2,1-4H3. The number of aryl methyl sites for hydroxylation is 1. The van der Waals surface area contributed by atoms with Crippen molar-refractivity contribution < 1.29 is 9.84 Å². The molecule has 2 nitrogen and oxygen atoms in total. The third-order valence-electron chi connectivity index (χ3n) is 2.77. The van der Waals surface area contributed by atoms with E-state index in [1.165, 1.54) is 0 Å². The number of rotatable bonds is 4. The van der Waals surface area contributed by atoms with Crippen molar-refractivity contribution in [2.75, 3.05) is 12.9 Å². The lowest BCUT2D eigenvalue weighted by Gasteiger charge is -2.18. The number of methoxy groups -OCH3 is 1. The Balaban J connectivity index is 3.27. The summed E-state index contributed by atoms with van der Waals surface area (Å²) in [4.78, 5) is 0. The molecule has 0 aliphatic carbocycles. The molecule has 16 heavy (non-hydrogen) atoms. The average molecular weight is 240 g/mol. The molecule has 0 saturated heterocycles. The zero-order valence-electron chi connectivity index (χ0n) is 10.3. The third-order valence-corrected chi connectivity index (χ3v) is 3.12. The first kappa shape index (κ1) is 13.4. The summed E-state index contributed by atoms with van der Waals surface area (Å²) in [6.07, 6.45) is -0.508. The Hall–Kier alpha value is -0.670. The van der Waals surface area contributed by atoms with Gasteiger partial charge in [-0.3, -0.25) is 0 Å². The summed E-state index contributed by atoms with van der Waals surface area (Å²) in [5, 5.41) is 9.86. The van der Waals surface area contributed by atoms with Crippen LogP contribution < -0.4 is 4.74 Å². The number of ether oxygens (including phenoxy) is 1. The molecule has 1 unspecified atom stereocenters. The van der Waals surface area contributed by atoms with Crippen molar-refractivity contribution in [1.82, 2.24) is 0 Å². The quantitative estimate of drug-likeness (QED) is 0.792. The van der Waals surface area contributed by atoms with Crippen molar-refractivity contribution in [2.45, 2.75) is 32.8 Å². The van der Waals surface area contributed by atoms with Crippen molar-refractivity contribution in [1.29, 1.82) is 0 Å². The van der Waals surface area contributed by atoms with Crippen LogP contribution in [0.2, 0.25) is 0 Å². The van der Waals surface area contributed by atoms with Crippen LogP contribution in [0.3, 0.4) is 0 Å². The predicted octanol–water partition coefficient (Wildman–Crippen LogP) is 3.09. The van der Waals surface area contributed by atoms with E-state index in [2.05, 4.69) is 26.5 Å². The lowest BCUT2D eigenvalue weighted by Crippen LogP contribution is -2.05. The van der Waals surface area contributed by atoms with Gasteiger partial charge in [0.25, 0.3) is 0 Å². The molecule has 3 heteroatoms. The molecule has 0 bridgehead atoms. The van der Waals surface area contributed by atoms with E-state index in [0.29, 0.717) is 11.7 Å². The molecule has 90 valence electrons. The molecule has 0 amide bonds. The molecule has 0 heterocycles. The number of hydrogen-bond acceptors (Lipinski definition) is 3. The molecule has 0 aromatic heterocycles. The molecular formula is C13H20O2S. The van der Waals surface area contributed by atoms with Crippen LogP contribution in [0.1, 0.15) is 42.6 Å². The first-order valence-electron chi connectivity index (χ1n) is 5.48. The third kappa shape index (κ3) is 2.71. The number of aliphatic hydroxyl groups excluding tert-OH is 1. The molecule has 0 radical (unpaired) electrons. The second-order valence-corrected chi connectivity index (χ2v) is 4.67.